The second kappa shape index (κ2) is 7.61. The largest absolute Gasteiger partial charge is 0.326 e. The Kier molecular flexibility index (Phi) is 5.30. The molecule has 0 amide bonds. The van der Waals surface area contributed by atoms with Gasteiger partial charge in [0.25, 0.3) is 0 Å². The van der Waals surface area contributed by atoms with Crippen molar-refractivity contribution >= 4 is 6.08 Å². The first-order chi connectivity index (χ1) is 11.3. The third-order valence-electron chi connectivity index (χ3n) is 4.81. The number of rotatable bonds is 7. The monoisotopic (exact) mass is 305 g/mol. The first-order valence-electron chi connectivity index (χ1n) is 8.92. The van der Waals surface area contributed by atoms with Crippen LogP contribution in [0, 0.1) is 0 Å². The molecule has 120 valence electrons. The zero-order valence-corrected chi connectivity index (χ0v) is 14.1. The van der Waals surface area contributed by atoms with Crippen LogP contribution in [-0.4, -0.2) is 0 Å². The van der Waals surface area contributed by atoms with Crippen LogP contribution in [0.3, 0.4) is 0 Å². The molecule has 3 rings (SSSR count). The summed E-state index contributed by atoms with van der Waals surface area (Å²) in [6, 6.07) is 15.4. The van der Waals surface area contributed by atoms with Crippen LogP contribution in [-0.2, 0) is 13.0 Å². The molecule has 0 aliphatic heterocycles. The predicted octanol–water partition coefficient (Wildman–Crippen LogP) is 5.72. The fraction of sp³-hybridized carbons (Fsp3) is 0.364. The van der Waals surface area contributed by atoms with E-state index in [4.69, 9.17) is 5.73 Å². The van der Waals surface area contributed by atoms with E-state index in [1.807, 2.05) is 0 Å². The highest BCUT2D eigenvalue weighted by atomic mass is 14.5. The van der Waals surface area contributed by atoms with Crippen LogP contribution in [0.4, 0.5) is 0 Å². The van der Waals surface area contributed by atoms with Gasteiger partial charge in [0.05, 0.1) is 0 Å². The standard InChI is InChI=1S/C22H27N/c1-2-3-4-5-7-18-14-20-8-6-9-21(22(20)15-18)19-12-10-17(16-23)11-13-19/h6,8-13,15H,2-5,7,14,16,23H2,1H3. The van der Waals surface area contributed by atoms with Gasteiger partial charge in [0, 0.05) is 6.54 Å². The molecule has 1 heteroatoms. The highest BCUT2D eigenvalue weighted by molar-refractivity contribution is 5.80. The van der Waals surface area contributed by atoms with Crippen LogP contribution >= 0.6 is 0 Å². The molecule has 0 spiro atoms. The van der Waals surface area contributed by atoms with Crippen molar-refractivity contribution in [3.05, 3.63) is 64.7 Å². The molecule has 0 unspecified atom stereocenters. The molecule has 0 aromatic heterocycles. The van der Waals surface area contributed by atoms with Crippen LogP contribution in [0.25, 0.3) is 17.2 Å². The smallest absolute Gasteiger partial charge is 0.0178 e. The lowest BCUT2D eigenvalue weighted by atomic mass is 9.96. The highest BCUT2D eigenvalue weighted by Gasteiger charge is 2.16. The van der Waals surface area contributed by atoms with Crippen LogP contribution in [0.5, 0.6) is 0 Å². The Labute approximate surface area is 140 Å². The van der Waals surface area contributed by atoms with Crippen LogP contribution in [0.1, 0.15) is 55.7 Å². The minimum atomic E-state index is 0.606. The molecule has 0 atom stereocenters. The van der Waals surface area contributed by atoms with Gasteiger partial charge in [-0.3, -0.25) is 0 Å². The lowest BCUT2D eigenvalue weighted by Gasteiger charge is -2.08. The maximum atomic E-state index is 5.71. The topological polar surface area (TPSA) is 26.0 Å². The first kappa shape index (κ1) is 16.0. The van der Waals surface area contributed by atoms with Crippen LogP contribution in [0.15, 0.2) is 48.0 Å². The van der Waals surface area contributed by atoms with E-state index in [0.29, 0.717) is 6.54 Å². The zero-order valence-electron chi connectivity index (χ0n) is 14.1. The van der Waals surface area contributed by atoms with E-state index in [1.54, 1.807) is 5.57 Å². The predicted molar refractivity (Wildman–Crippen MR) is 100 cm³/mol. The maximum Gasteiger partial charge on any atom is 0.0178 e. The van der Waals surface area contributed by atoms with Crippen molar-refractivity contribution in [2.24, 2.45) is 5.73 Å². The summed E-state index contributed by atoms with van der Waals surface area (Å²) in [5.41, 5.74) is 14.1. The molecule has 1 aliphatic rings. The summed E-state index contributed by atoms with van der Waals surface area (Å²) in [6.45, 7) is 2.88. The number of nitrogens with two attached hydrogens (primary N) is 1. The van der Waals surface area contributed by atoms with Crippen molar-refractivity contribution in [2.45, 2.75) is 52.0 Å². The summed E-state index contributed by atoms with van der Waals surface area (Å²) in [4.78, 5) is 0. The fourth-order valence-corrected chi connectivity index (χ4v) is 3.45. The Morgan fingerprint density at radius 3 is 2.52 bits per heavy atom. The van der Waals surface area contributed by atoms with Gasteiger partial charge in [-0.15, -0.1) is 0 Å². The summed E-state index contributed by atoms with van der Waals surface area (Å²) in [6.07, 6.45) is 10.2. The van der Waals surface area contributed by atoms with Gasteiger partial charge in [-0.1, -0.05) is 80.3 Å². The normalized spacial score (nSPS) is 13.0. The number of allylic oxidation sites excluding steroid dienone is 1. The van der Waals surface area contributed by atoms with Gasteiger partial charge in [-0.25, -0.2) is 0 Å². The average Bonchev–Trinajstić information content (AvgIpc) is 3.02. The summed E-state index contributed by atoms with van der Waals surface area (Å²) >= 11 is 0. The SMILES string of the molecule is CCCCCCC1=Cc2c(cccc2-c2ccc(CN)cc2)C1. The Bertz CT molecular complexity index is 680. The second-order valence-corrected chi connectivity index (χ2v) is 6.57. The summed E-state index contributed by atoms with van der Waals surface area (Å²) in [5.74, 6) is 0. The lowest BCUT2D eigenvalue weighted by Crippen LogP contribution is -1.95. The summed E-state index contributed by atoms with van der Waals surface area (Å²) in [7, 11) is 0. The van der Waals surface area contributed by atoms with Gasteiger partial charge < -0.3 is 5.73 Å². The summed E-state index contributed by atoms with van der Waals surface area (Å²) in [5, 5.41) is 0. The van der Waals surface area contributed by atoms with Gasteiger partial charge in [0.15, 0.2) is 0 Å². The average molecular weight is 305 g/mol. The third kappa shape index (κ3) is 3.73. The van der Waals surface area contributed by atoms with E-state index in [9.17, 15) is 0 Å². The van der Waals surface area contributed by atoms with Crippen LogP contribution < -0.4 is 5.73 Å². The van der Waals surface area contributed by atoms with E-state index < -0.39 is 0 Å². The Balaban J connectivity index is 1.79. The van der Waals surface area contributed by atoms with Crippen molar-refractivity contribution in [1.29, 1.82) is 0 Å². The number of benzene rings is 2. The molecule has 2 aromatic carbocycles. The van der Waals surface area contributed by atoms with Crippen molar-refractivity contribution in [3.63, 3.8) is 0 Å². The highest BCUT2D eigenvalue weighted by Crippen LogP contribution is 2.35. The fourth-order valence-electron chi connectivity index (χ4n) is 3.45. The van der Waals surface area contributed by atoms with E-state index >= 15 is 0 Å². The van der Waals surface area contributed by atoms with Gasteiger partial charge in [-0.2, -0.15) is 0 Å². The zero-order chi connectivity index (χ0) is 16.1. The summed E-state index contributed by atoms with van der Waals surface area (Å²) < 4.78 is 0. The number of fused-ring (bicyclic) bond motifs is 1. The second-order valence-electron chi connectivity index (χ2n) is 6.57. The third-order valence-corrected chi connectivity index (χ3v) is 4.81. The molecule has 23 heavy (non-hydrogen) atoms. The molecule has 0 fully saturated rings. The number of hydrogen-bond donors (Lipinski definition) is 1. The van der Waals surface area contributed by atoms with Gasteiger partial charge in [0.1, 0.15) is 0 Å². The lowest BCUT2D eigenvalue weighted by molar-refractivity contribution is 0.662. The van der Waals surface area contributed by atoms with E-state index in [1.165, 1.54) is 59.9 Å². The van der Waals surface area contributed by atoms with Crippen LogP contribution in [0.2, 0.25) is 0 Å². The Hall–Kier alpha value is -1.86. The molecule has 0 saturated carbocycles. The van der Waals surface area contributed by atoms with Crippen molar-refractivity contribution in [2.75, 3.05) is 0 Å². The van der Waals surface area contributed by atoms with E-state index in [2.05, 4.69) is 55.5 Å². The maximum absolute atomic E-state index is 5.71. The minimum absolute atomic E-state index is 0.606. The van der Waals surface area contributed by atoms with Crippen molar-refractivity contribution in [3.8, 4) is 11.1 Å². The van der Waals surface area contributed by atoms with Gasteiger partial charge >= 0.3 is 0 Å². The Morgan fingerprint density at radius 1 is 0.957 bits per heavy atom. The molecule has 1 nitrogen and oxygen atoms in total. The molecule has 1 aliphatic carbocycles. The molecule has 2 N–H and O–H groups in total. The van der Waals surface area contributed by atoms with Gasteiger partial charge in [-0.05, 0) is 47.1 Å². The molecule has 0 radical (unpaired) electrons. The van der Waals surface area contributed by atoms with Gasteiger partial charge in [0.2, 0.25) is 0 Å². The molecule has 0 bridgehead atoms. The molecular weight excluding hydrogens is 278 g/mol. The molecule has 2 aromatic rings. The van der Waals surface area contributed by atoms with E-state index in [0.717, 1.165) is 6.42 Å². The van der Waals surface area contributed by atoms with Crippen molar-refractivity contribution < 1.29 is 0 Å². The first-order valence-corrected chi connectivity index (χ1v) is 8.92. The Morgan fingerprint density at radius 2 is 1.78 bits per heavy atom. The number of unbranched alkanes of at least 4 members (excludes halogenated alkanes) is 3. The molecule has 0 heterocycles. The quantitative estimate of drug-likeness (QED) is 0.650. The van der Waals surface area contributed by atoms with E-state index in [-0.39, 0.29) is 0 Å². The minimum Gasteiger partial charge on any atom is -0.326 e. The molecule has 0 saturated heterocycles. The van der Waals surface area contributed by atoms with Crippen molar-refractivity contribution in [1.82, 2.24) is 0 Å². The molecular formula is C22H27N. The number of hydrogen-bond acceptors (Lipinski definition) is 1.